The predicted molar refractivity (Wildman–Crippen MR) is 71.5 cm³/mol. The minimum Gasteiger partial charge on any atom is -0.248 e. The number of rotatable bonds is 2. The smallest absolute Gasteiger partial charge is 0.248 e. The maximum Gasteiger partial charge on any atom is 0.337 e. The zero-order valence-corrected chi connectivity index (χ0v) is 10.9. The molecule has 2 aromatic rings. The highest BCUT2D eigenvalue weighted by molar-refractivity contribution is 7.84. The second kappa shape index (κ2) is 4.77. The molecule has 19 heavy (non-hydrogen) atoms. The van der Waals surface area contributed by atoms with E-state index in [0.29, 0.717) is 0 Å². The molecular formula is C14H13NO3S. The highest BCUT2D eigenvalue weighted by atomic mass is 32.2. The number of benzene rings is 2. The van der Waals surface area contributed by atoms with E-state index in [-0.39, 0.29) is 0 Å². The van der Waals surface area contributed by atoms with E-state index in [1.165, 1.54) is 0 Å². The second-order valence-electron chi connectivity index (χ2n) is 4.39. The van der Waals surface area contributed by atoms with Gasteiger partial charge in [-0.3, -0.25) is 0 Å². The first-order valence-corrected chi connectivity index (χ1v) is 7.37. The molecule has 1 heterocycles. The SMILES string of the molecule is O=S1(=O)NC(c2ccccc2)C(c2ccccc2)O1. The molecule has 0 aromatic heterocycles. The van der Waals surface area contributed by atoms with E-state index in [1.807, 2.05) is 60.7 Å². The van der Waals surface area contributed by atoms with Crippen molar-refractivity contribution in [1.82, 2.24) is 4.72 Å². The summed E-state index contributed by atoms with van der Waals surface area (Å²) in [6.07, 6.45) is -0.534. The van der Waals surface area contributed by atoms with Crippen LogP contribution in [0.4, 0.5) is 0 Å². The fourth-order valence-corrected chi connectivity index (χ4v) is 3.35. The molecule has 1 aliphatic rings. The van der Waals surface area contributed by atoms with Gasteiger partial charge < -0.3 is 0 Å². The standard InChI is InChI=1S/C14H13NO3S/c16-19(17)15-13(11-7-3-1-4-8-11)14(18-19)12-9-5-2-6-10-12/h1-10,13-15H. The molecule has 2 atom stereocenters. The Bertz CT molecular complexity index is 602. The van der Waals surface area contributed by atoms with E-state index >= 15 is 0 Å². The molecule has 0 amide bonds. The van der Waals surface area contributed by atoms with E-state index in [2.05, 4.69) is 4.72 Å². The summed E-state index contributed by atoms with van der Waals surface area (Å²) in [5.74, 6) is 0. The molecule has 3 rings (SSSR count). The van der Waals surface area contributed by atoms with Crippen LogP contribution in [0.2, 0.25) is 0 Å². The maximum atomic E-state index is 11.7. The van der Waals surface area contributed by atoms with Gasteiger partial charge in [0.15, 0.2) is 0 Å². The van der Waals surface area contributed by atoms with Crippen LogP contribution in [-0.4, -0.2) is 8.42 Å². The fraction of sp³-hybridized carbons (Fsp3) is 0.143. The van der Waals surface area contributed by atoms with Gasteiger partial charge >= 0.3 is 10.3 Å². The van der Waals surface area contributed by atoms with Gasteiger partial charge in [0.1, 0.15) is 6.10 Å². The third-order valence-corrected chi connectivity index (χ3v) is 4.09. The topological polar surface area (TPSA) is 55.4 Å². The Kier molecular flexibility index (Phi) is 3.10. The first-order chi connectivity index (χ1) is 9.16. The third-order valence-electron chi connectivity index (χ3n) is 3.09. The summed E-state index contributed by atoms with van der Waals surface area (Å²) in [6, 6.07) is 18.4. The van der Waals surface area contributed by atoms with Gasteiger partial charge in [0, 0.05) is 0 Å². The highest BCUT2D eigenvalue weighted by Crippen LogP contribution is 2.38. The van der Waals surface area contributed by atoms with Crippen molar-refractivity contribution in [2.45, 2.75) is 12.1 Å². The van der Waals surface area contributed by atoms with Crippen LogP contribution < -0.4 is 4.72 Å². The van der Waals surface area contributed by atoms with E-state index in [1.54, 1.807) is 0 Å². The molecular weight excluding hydrogens is 262 g/mol. The first-order valence-electron chi connectivity index (χ1n) is 5.96. The highest BCUT2D eigenvalue weighted by Gasteiger charge is 2.39. The monoisotopic (exact) mass is 275 g/mol. The van der Waals surface area contributed by atoms with Gasteiger partial charge in [-0.05, 0) is 11.1 Å². The number of nitrogens with one attached hydrogen (secondary N) is 1. The molecule has 5 heteroatoms. The molecule has 4 nitrogen and oxygen atoms in total. The van der Waals surface area contributed by atoms with E-state index < -0.39 is 22.4 Å². The van der Waals surface area contributed by atoms with Crippen LogP contribution in [0.5, 0.6) is 0 Å². The molecule has 1 aliphatic heterocycles. The Morgan fingerprint density at radius 2 is 1.37 bits per heavy atom. The van der Waals surface area contributed by atoms with Crippen LogP contribution in [0.1, 0.15) is 23.3 Å². The Morgan fingerprint density at radius 3 is 1.95 bits per heavy atom. The van der Waals surface area contributed by atoms with Crippen LogP contribution >= 0.6 is 0 Å². The normalized spacial score (nSPS) is 25.3. The maximum absolute atomic E-state index is 11.7. The predicted octanol–water partition coefficient (Wildman–Crippen LogP) is 2.33. The van der Waals surface area contributed by atoms with Gasteiger partial charge in [0.25, 0.3) is 0 Å². The Labute approximate surface area is 112 Å². The summed E-state index contributed by atoms with van der Waals surface area (Å²) in [5.41, 5.74) is 1.72. The summed E-state index contributed by atoms with van der Waals surface area (Å²) in [7, 11) is -3.69. The minimum atomic E-state index is -3.69. The summed E-state index contributed by atoms with van der Waals surface area (Å²) >= 11 is 0. The van der Waals surface area contributed by atoms with Crippen molar-refractivity contribution in [2.24, 2.45) is 0 Å². The van der Waals surface area contributed by atoms with Gasteiger partial charge in [0.2, 0.25) is 0 Å². The lowest BCUT2D eigenvalue weighted by Crippen LogP contribution is -2.20. The van der Waals surface area contributed by atoms with Crippen LogP contribution in [0, 0.1) is 0 Å². The Balaban J connectivity index is 2.02. The van der Waals surface area contributed by atoms with Crippen LogP contribution in [-0.2, 0) is 14.5 Å². The zero-order valence-electron chi connectivity index (χ0n) is 10.1. The van der Waals surface area contributed by atoms with Gasteiger partial charge in [-0.15, -0.1) is 0 Å². The third kappa shape index (κ3) is 2.53. The fourth-order valence-electron chi connectivity index (χ4n) is 2.23. The van der Waals surface area contributed by atoms with Crippen molar-refractivity contribution in [3.05, 3.63) is 71.8 Å². The van der Waals surface area contributed by atoms with Gasteiger partial charge in [0.05, 0.1) is 6.04 Å². The van der Waals surface area contributed by atoms with Crippen molar-refractivity contribution >= 4 is 10.3 Å². The molecule has 2 unspecified atom stereocenters. The first kappa shape index (κ1) is 12.3. The average Bonchev–Trinajstić information content (AvgIpc) is 2.77. The number of hydrogen-bond donors (Lipinski definition) is 1. The molecule has 0 spiro atoms. The largest absolute Gasteiger partial charge is 0.337 e. The minimum absolute atomic E-state index is 0.395. The summed E-state index contributed by atoms with van der Waals surface area (Å²) in [5, 5.41) is 0. The lowest BCUT2D eigenvalue weighted by molar-refractivity contribution is 0.220. The van der Waals surface area contributed by atoms with Crippen LogP contribution in [0.3, 0.4) is 0 Å². The summed E-state index contributed by atoms with van der Waals surface area (Å²) in [6.45, 7) is 0. The second-order valence-corrected chi connectivity index (χ2v) is 5.72. The lowest BCUT2D eigenvalue weighted by atomic mass is 9.97. The summed E-state index contributed by atoms with van der Waals surface area (Å²) < 4.78 is 31.0. The quantitative estimate of drug-likeness (QED) is 0.915. The molecule has 0 bridgehead atoms. The van der Waals surface area contributed by atoms with E-state index in [0.717, 1.165) is 11.1 Å². The number of hydrogen-bond acceptors (Lipinski definition) is 3. The van der Waals surface area contributed by atoms with Crippen molar-refractivity contribution < 1.29 is 12.6 Å². The van der Waals surface area contributed by atoms with Crippen molar-refractivity contribution in [3.8, 4) is 0 Å². The molecule has 0 aliphatic carbocycles. The van der Waals surface area contributed by atoms with Gasteiger partial charge in [-0.1, -0.05) is 60.7 Å². The average molecular weight is 275 g/mol. The van der Waals surface area contributed by atoms with Crippen LogP contribution in [0.15, 0.2) is 60.7 Å². The van der Waals surface area contributed by atoms with Gasteiger partial charge in [-0.2, -0.15) is 13.1 Å². The van der Waals surface area contributed by atoms with Crippen molar-refractivity contribution in [2.75, 3.05) is 0 Å². The molecule has 2 aromatic carbocycles. The van der Waals surface area contributed by atoms with Crippen molar-refractivity contribution in [1.29, 1.82) is 0 Å². The molecule has 0 radical (unpaired) electrons. The van der Waals surface area contributed by atoms with E-state index in [9.17, 15) is 8.42 Å². The molecule has 1 fully saturated rings. The molecule has 1 saturated heterocycles. The Morgan fingerprint density at radius 1 is 0.842 bits per heavy atom. The zero-order chi connectivity index (χ0) is 13.3. The molecule has 1 N–H and O–H groups in total. The lowest BCUT2D eigenvalue weighted by Gasteiger charge is -2.16. The van der Waals surface area contributed by atoms with E-state index in [4.69, 9.17) is 4.18 Å². The Hall–Kier alpha value is -1.69. The van der Waals surface area contributed by atoms with Gasteiger partial charge in [-0.25, -0.2) is 4.18 Å². The van der Waals surface area contributed by atoms with Crippen LogP contribution in [0.25, 0.3) is 0 Å². The van der Waals surface area contributed by atoms with Crippen molar-refractivity contribution in [3.63, 3.8) is 0 Å². The molecule has 0 saturated carbocycles. The summed E-state index contributed by atoms with van der Waals surface area (Å²) in [4.78, 5) is 0. The molecule has 98 valence electrons.